The topological polar surface area (TPSA) is 72.5 Å². The van der Waals surface area contributed by atoms with Crippen molar-refractivity contribution in [2.75, 3.05) is 26.0 Å². The molecule has 0 fully saturated rings. The van der Waals surface area contributed by atoms with Crippen molar-refractivity contribution in [2.45, 2.75) is 18.2 Å². The Hall–Kier alpha value is -1.40. The maximum absolute atomic E-state index is 12.0. The van der Waals surface area contributed by atoms with Gasteiger partial charge in [0, 0.05) is 20.1 Å². The number of methoxy groups -OCH3 is 1. The zero-order valence-electron chi connectivity index (χ0n) is 11.2. The molecule has 0 saturated carbocycles. The molecular weight excluding hydrogens is 266 g/mol. The van der Waals surface area contributed by atoms with E-state index in [0.29, 0.717) is 13.2 Å². The lowest BCUT2D eigenvalue weighted by molar-refractivity contribution is -0.120. The minimum Gasteiger partial charge on any atom is -0.383 e. The predicted molar refractivity (Wildman–Crippen MR) is 72.7 cm³/mol. The summed E-state index contributed by atoms with van der Waals surface area (Å²) >= 11 is 0. The molecular formula is C13H19NO4S. The maximum atomic E-state index is 12.0. The Kier molecular flexibility index (Phi) is 5.98. The molecule has 5 nitrogen and oxygen atoms in total. The first kappa shape index (κ1) is 15.7. The number of amides is 1. The molecule has 0 aliphatic heterocycles. The van der Waals surface area contributed by atoms with E-state index in [1.165, 1.54) is 7.11 Å². The van der Waals surface area contributed by atoms with Crippen molar-refractivity contribution in [3.8, 4) is 0 Å². The van der Waals surface area contributed by atoms with Crippen LogP contribution in [0.15, 0.2) is 29.2 Å². The quantitative estimate of drug-likeness (QED) is 0.756. The average molecular weight is 285 g/mol. The van der Waals surface area contributed by atoms with Crippen molar-refractivity contribution in [2.24, 2.45) is 0 Å². The summed E-state index contributed by atoms with van der Waals surface area (Å²) in [4.78, 5) is 11.7. The normalized spacial score (nSPS) is 11.3. The highest BCUT2D eigenvalue weighted by atomic mass is 32.2. The Morgan fingerprint density at radius 1 is 1.26 bits per heavy atom. The highest BCUT2D eigenvalue weighted by Crippen LogP contribution is 2.12. The molecule has 1 aromatic carbocycles. The molecule has 0 heterocycles. The molecule has 0 saturated heterocycles. The van der Waals surface area contributed by atoms with Crippen LogP contribution in [0.5, 0.6) is 0 Å². The van der Waals surface area contributed by atoms with Gasteiger partial charge >= 0.3 is 0 Å². The molecule has 0 radical (unpaired) electrons. The molecule has 19 heavy (non-hydrogen) atoms. The van der Waals surface area contributed by atoms with Crippen molar-refractivity contribution in [1.29, 1.82) is 0 Å². The molecule has 6 heteroatoms. The summed E-state index contributed by atoms with van der Waals surface area (Å²) in [5.74, 6) is -0.470. The van der Waals surface area contributed by atoms with Gasteiger partial charge in [-0.05, 0) is 19.1 Å². The monoisotopic (exact) mass is 285 g/mol. The van der Waals surface area contributed by atoms with Crippen LogP contribution in [0.1, 0.15) is 12.0 Å². The number of sulfone groups is 1. The van der Waals surface area contributed by atoms with Crippen LogP contribution in [0.25, 0.3) is 0 Å². The van der Waals surface area contributed by atoms with E-state index in [1.807, 2.05) is 6.92 Å². The van der Waals surface area contributed by atoms with Gasteiger partial charge in [0.2, 0.25) is 5.91 Å². The van der Waals surface area contributed by atoms with E-state index < -0.39 is 9.84 Å². The van der Waals surface area contributed by atoms with Crippen molar-refractivity contribution < 1.29 is 17.9 Å². The predicted octanol–water partition coefficient (Wildman–Crippen LogP) is 0.921. The van der Waals surface area contributed by atoms with Crippen LogP contribution in [0.4, 0.5) is 0 Å². The Morgan fingerprint density at radius 2 is 1.89 bits per heavy atom. The highest BCUT2D eigenvalue weighted by molar-refractivity contribution is 7.91. The summed E-state index contributed by atoms with van der Waals surface area (Å²) in [7, 11) is -1.86. The summed E-state index contributed by atoms with van der Waals surface area (Å²) in [6, 6.07) is 6.61. The second-order valence-corrected chi connectivity index (χ2v) is 6.33. The lowest BCUT2D eigenvalue weighted by Gasteiger charge is -2.06. The first-order chi connectivity index (χ1) is 8.95. The number of ether oxygens (including phenoxy) is 1. The molecule has 1 amide bonds. The van der Waals surface area contributed by atoms with Gasteiger partial charge in [-0.25, -0.2) is 8.42 Å². The van der Waals surface area contributed by atoms with E-state index in [0.717, 1.165) is 5.56 Å². The van der Waals surface area contributed by atoms with Crippen molar-refractivity contribution in [3.05, 3.63) is 29.8 Å². The molecule has 1 rings (SSSR count). The Balaban J connectivity index is 2.51. The van der Waals surface area contributed by atoms with Gasteiger partial charge in [0.25, 0.3) is 0 Å². The van der Waals surface area contributed by atoms with Gasteiger partial charge in [-0.1, -0.05) is 17.7 Å². The van der Waals surface area contributed by atoms with Crippen LogP contribution in [0, 0.1) is 6.92 Å². The van der Waals surface area contributed by atoms with E-state index >= 15 is 0 Å². The standard InChI is InChI=1S/C13H19NO4S/c1-11-3-5-12(6-4-11)19(16,17)10-7-13(15)14-8-9-18-2/h3-6H,7-10H2,1-2H3,(H,14,15). The number of carbonyl (C=O) groups is 1. The fourth-order valence-corrected chi connectivity index (χ4v) is 2.71. The fraction of sp³-hybridized carbons (Fsp3) is 0.462. The molecule has 0 aliphatic carbocycles. The van der Waals surface area contributed by atoms with E-state index in [1.54, 1.807) is 24.3 Å². The number of rotatable bonds is 7. The molecule has 1 N–H and O–H groups in total. The van der Waals surface area contributed by atoms with Gasteiger partial charge in [-0.15, -0.1) is 0 Å². The number of hydrogen-bond acceptors (Lipinski definition) is 4. The van der Waals surface area contributed by atoms with Crippen LogP contribution < -0.4 is 5.32 Å². The highest BCUT2D eigenvalue weighted by Gasteiger charge is 2.15. The zero-order chi connectivity index (χ0) is 14.3. The van der Waals surface area contributed by atoms with Gasteiger partial charge in [0.1, 0.15) is 0 Å². The van der Waals surface area contributed by atoms with Crippen LogP contribution in [-0.4, -0.2) is 40.3 Å². The minimum absolute atomic E-state index is 0.0417. The molecule has 0 aromatic heterocycles. The van der Waals surface area contributed by atoms with Crippen molar-refractivity contribution in [3.63, 3.8) is 0 Å². The van der Waals surface area contributed by atoms with Crippen LogP contribution in [0.3, 0.4) is 0 Å². The van der Waals surface area contributed by atoms with Crippen LogP contribution >= 0.6 is 0 Å². The smallest absolute Gasteiger partial charge is 0.221 e. The lowest BCUT2D eigenvalue weighted by Crippen LogP contribution is -2.28. The fourth-order valence-electron chi connectivity index (χ4n) is 1.47. The van der Waals surface area contributed by atoms with Gasteiger partial charge < -0.3 is 10.1 Å². The zero-order valence-corrected chi connectivity index (χ0v) is 12.0. The number of hydrogen-bond donors (Lipinski definition) is 1. The van der Waals surface area contributed by atoms with E-state index in [2.05, 4.69) is 5.32 Å². The number of benzene rings is 1. The third-order valence-corrected chi connectivity index (χ3v) is 4.34. The maximum Gasteiger partial charge on any atom is 0.221 e. The lowest BCUT2D eigenvalue weighted by atomic mass is 10.2. The Bertz CT molecular complexity index is 508. The number of aryl methyl sites for hydroxylation is 1. The van der Waals surface area contributed by atoms with Crippen LogP contribution in [-0.2, 0) is 19.4 Å². The second-order valence-electron chi connectivity index (χ2n) is 4.22. The van der Waals surface area contributed by atoms with E-state index in [4.69, 9.17) is 4.74 Å². The number of nitrogens with one attached hydrogen (secondary N) is 1. The Morgan fingerprint density at radius 3 is 2.47 bits per heavy atom. The molecule has 106 valence electrons. The third kappa shape index (κ3) is 5.40. The molecule has 0 unspecified atom stereocenters. The SMILES string of the molecule is COCCNC(=O)CCS(=O)(=O)c1ccc(C)cc1. The molecule has 0 aliphatic rings. The molecule has 0 bridgehead atoms. The first-order valence-corrected chi connectivity index (χ1v) is 7.66. The summed E-state index contributed by atoms with van der Waals surface area (Å²) in [6.07, 6.45) is -0.0417. The third-order valence-electron chi connectivity index (χ3n) is 2.61. The van der Waals surface area contributed by atoms with Gasteiger partial charge in [-0.2, -0.15) is 0 Å². The minimum atomic E-state index is -3.39. The molecule has 0 atom stereocenters. The molecule has 0 spiro atoms. The number of carbonyl (C=O) groups excluding carboxylic acids is 1. The van der Waals surface area contributed by atoms with Crippen molar-refractivity contribution >= 4 is 15.7 Å². The summed E-state index contributed by atoms with van der Waals surface area (Å²) in [6.45, 7) is 2.69. The summed E-state index contributed by atoms with van der Waals surface area (Å²) in [5, 5.41) is 2.59. The Labute approximate surface area is 113 Å². The van der Waals surface area contributed by atoms with Gasteiger partial charge in [0.15, 0.2) is 9.84 Å². The van der Waals surface area contributed by atoms with Crippen LogP contribution in [0.2, 0.25) is 0 Å². The van der Waals surface area contributed by atoms with Gasteiger partial charge in [-0.3, -0.25) is 4.79 Å². The summed E-state index contributed by atoms with van der Waals surface area (Å²) in [5.41, 5.74) is 0.997. The largest absolute Gasteiger partial charge is 0.383 e. The van der Waals surface area contributed by atoms with E-state index in [-0.39, 0.29) is 23.0 Å². The van der Waals surface area contributed by atoms with Crippen molar-refractivity contribution in [1.82, 2.24) is 5.32 Å². The first-order valence-electron chi connectivity index (χ1n) is 6.01. The van der Waals surface area contributed by atoms with E-state index in [9.17, 15) is 13.2 Å². The summed E-state index contributed by atoms with van der Waals surface area (Å²) < 4.78 is 28.7. The van der Waals surface area contributed by atoms with Gasteiger partial charge in [0.05, 0.1) is 17.3 Å². The molecule has 1 aromatic rings. The average Bonchev–Trinajstić information content (AvgIpc) is 2.37. The second kappa shape index (κ2) is 7.25.